The van der Waals surface area contributed by atoms with Crippen LogP contribution >= 0.6 is 0 Å². The van der Waals surface area contributed by atoms with Crippen LogP contribution in [0.2, 0.25) is 0 Å². The molecule has 0 aliphatic carbocycles. The molecule has 0 unspecified atom stereocenters. The van der Waals surface area contributed by atoms with Crippen LogP contribution in [0.25, 0.3) is 22.2 Å². The van der Waals surface area contributed by atoms with Crippen molar-refractivity contribution < 1.29 is 18.4 Å². The molecule has 0 atom stereocenters. The zero-order valence-electron chi connectivity index (χ0n) is 18.1. The van der Waals surface area contributed by atoms with E-state index in [9.17, 15) is 9.59 Å². The molecular formula is C23H24N5O5. The normalized spacial score (nSPS) is 14.7. The van der Waals surface area contributed by atoms with Crippen LogP contribution in [0.15, 0.2) is 37.9 Å². The van der Waals surface area contributed by atoms with E-state index in [0.29, 0.717) is 47.1 Å². The van der Waals surface area contributed by atoms with Gasteiger partial charge < -0.3 is 29.5 Å². The highest BCUT2D eigenvalue weighted by atomic mass is 16.5. The first-order valence-corrected chi connectivity index (χ1v) is 10.9. The third kappa shape index (κ3) is 4.05. The molecule has 1 saturated heterocycles. The number of primary amides is 1. The van der Waals surface area contributed by atoms with Crippen LogP contribution in [-0.2, 0) is 6.54 Å². The Balaban J connectivity index is 1.58. The highest BCUT2D eigenvalue weighted by Crippen LogP contribution is 2.31. The van der Waals surface area contributed by atoms with Crippen molar-refractivity contribution in [2.24, 2.45) is 5.73 Å². The minimum absolute atomic E-state index is 0.157. The lowest BCUT2D eigenvalue weighted by atomic mass is 10.0. The number of anilines is 1. The molecule has 2 aromatic heterocycles. The molecule has 3 heterocycles. The highest BCUT2D eigenvalue weighted by molar-refractivity contribution is 6.03. The summed E-state index contributed by atoms with van der Waals surface area (Å²) in [6, 6.07) is 10.4. The zero-order valence-corrected chi connectivity index (χ0v) is 18.1. The summed E-state index contributed by atoms with van der Waals surface area (Å²) in [5.41, 5.74) is 8.39. The number of piperidine rings is 1. The Morgan fingerprint density at radius 3 is 2.88 bits per heavy atom. The number of nitrogens with zero attached hydrogens (tertiary/aromatic N) is 2. The summed E-state index contributed by atoms with van der Waals surface area (Å²) < 4.78 is 17.1. The molecule has 4 aromatic rings. The van der Waals surface area contributed by atoms with E-state index < -0.39 is 11.7 Å². The fourth-order valence-corrected chi connectivity index (χ4v) is 4.30. The third-order valence-corrected chi connectivity index (χ3v) is 5.79. The molecule has 1 aliphatic rings. The number of amides is 1. The van der Waals surface area contributed by atoms with Crippen molar-refractivity contribution in [3.8, 4) is 5.75 Å². The smallest absolute Gasteiger partial charge is 0.417 e. The number of H-pyrrole nitrogens is 1. The predicted octanol–water partition coefficient (Wildman–Crippen LogP) is 2.32. The maximum atomic E-state index is 11.8. The number of ether oxygens (including phenoxy) is 1. The van der Waals surface area contributed by atoms with Gasteiger partial charge in [0.1, 0.15) is 16.8 Å². The summed E-state index contributed by atoms with van der Waals surface area (Å²) in [6.45, 7) is 4.51. The van der Waals surface area contributed by atoms with E-state index in [1.165, 1.54) is 0 Å². The summed E-state index contributed by atoms with van der Waals surface area (Å²) in [5, 5.41) is 3.37. The first-order valence-electron chi connectivity index (χ1n) is 10.9. The first-order chi connectivity index (χ1) is 16.0. The van der Waals surface area contributed by atoms with Crippen molar-refractivity contribution in [3.05, 3.63) is 52.0 Å². The number of oxazole rings is 2. The standard InChI is InChI=1S/C23H24N5O5/c1-2-31-17-10-13(11-18-20(17)27-23(30)33-18)12-28(14-6-8-25-9-7-14)22-26-19-15(21(24)29)4-3-5-16(19)32-22/h3,5,10-11,14,25H,2,6-9,12H2,1H3,(H2,24,29)(H,27,30). The second kappa shape index (κ2) is 8.62. The fraction of sp³-hybridized carbons (Fsp3) is 0.348. The van der Waals surface area contributed by atoms with E-state index in [0.717, 1.165) is 31.5 Å². The average molecular weight is 450 g/mol. The van der Waals surface area contributed by atoms with Gasteiger partial charge in [0.2, 0.25) is 0 Å². The third-order valence-electron chi connectivity index (χ3n) is 5.79. The maximum absolute atomic E-state index is 11.8. The van der Waals surface area contributed by atoms with Crippen molar-refractivity contribution in [2.45, 2.75) is 32.4 Å². The number of rotatable bonds is 7. The summed E-state index contributed by atoms with van der Waals surface area (Å²) in [6.07, 6.45) is 1.79. The van der Waals surface area contributed by atoms with Crippen LogP contribution in [0.3, 0.4) is 0 Å². The SMILES string of the molecule is CCOc1cc(CN(c2nc3c(C(N)=O)[c]ccc3o2)C2CCNCC2)cc2oc(=O)[nH]c12. The Labute approximate surface area is 188 Å². The number of aromatic nitrogens is 2. The second-order valence-electron chi connectivity index (χ2n) is 7.95. The van der Waals surface area contributed by atoms with Gasteiger partial charge in [-0.05, 0) is 68.8 Å². The van der Waals surface area contributed by atoms with E-state index >= 15 is 0 Å². The Hall–Kier alpha value is -3.79. The molecule has 10 nitrogen and oxygen atoms in total. The molecule has 0 spiro atoms. The maximum Gasteiger partial charge on any atom is 0.417 e. The molecule has 1 amide bonds. The highest BCUT2D eigenvalue weighted by Gasteiger charge is 2.27. The largest absolute Gasteiger partial charge is 0.492 e. The van der Waals surface area contributed by atoms with Gasteiger partial charge in [-0.25, -0.2) is 4.79 Å². The molecule has 10 heteroatoms. The van der Waals surface area contributed by atoms with Crippen molar-refractivity contribution in [3.63, 3.8) is 0 Å². The summed E-state index contributed by atoms with van der Waals surface area (Å²) in [5.74, 6) is -0.597. The van der Waals surface area contributed by atoms with E-state index in [1.807, 2.05) is 19.1 Å². The summed E-state index contributed by atoms with van der Waals surface area (Å²) in [7, 11) is 0. The van der Waals surface area contributed by atoms with Gasteiger partial charge in [0, 0.05) is 12.6 Å². The van der Waals surface area contributed by atoms with Crippen LogP contribution in [0, 0.1) is 6.07 Å². The average Bonchev–Trinajstić information content (AvgIpc) is 3.40. The Kier molecular flexibility index (Phi) is 5.51. The summed E-state index contributed by atoms with van der Waals surface area (Å²) in [4.78, 5) is 33.0. The molecule has 1 fully saturated rings. The molecule has 0 saturated carbocycles. The summed E-state index contributed by atoms with van der Waals surface area (Å²) >= 11 is 0. The number of nitrogens with two attached hydrogens (primary N) is 1. The minimum Gasteiger partial charge on any atom is -0.492 e. The number of carbonyl (C=O) groups is 1. The quantitative estimate of drug-likeness (QED) is 0.390. The van der Waals surface area contributed by atoms with E-state index in [4.69, 9.17) is 19.3 Å². The fourth-order valence-electron chi connectivity index (χ4n) is 4.30. The number of benzene rings is 2. The molecule has 33 heavy (non-hydrogen) atoms. The van der Waals surface area contributed by atoms with Crippen molar-refractivity contribution in [1.29, 1.82) is 0 Å². The number of aromatic amines is 1. The van der Waals surface area contributed by atoms with Crippen molar-refractivity contribution in [2.75, 3.05) is 24.6 Å². The second-order valence-corrected chi connectivity index (χ2v) is 7.95. The Morgan fingerprint density at radius 1 is 1.30 bits per heavy atom. The van der Waals surface area contributed by atoms with Gasteiger partial charge in [-0.2, -0.15) is 4.98 Å². The first kappa shape index (κ1) is 21.1. The molecule has 0 bridgehead atoms. The molecule has 1 aliphatic heterocycles. The lowest BCUT2D eigenvalue weighted by molar-refractivity contribution is 0.100. The predicted molar refractivity (Wildman–Crippen MR) is 121 cm³/mol. The Morgan fingerprint density at radius 2 is 2.12 bits per heavy atom. The number of hydrogen-bond donors (Lipinski definition) is 3. The van der Waals surface area contributed by atoms with Crippen LogP contribution in [-0.4, -0.2) is 41.6 Å². The lowest BCUT2D eigenvalue weighted by Crippen LogP contribution is -2.43. The van der Waals surface area contributed by atoms with E-state index in [2.05, 4.69) is 26.3 Å². The molecule has 2 aromatic carbocycles. The number of hydrogen-bond acceptors (Lipinski definition) is 8. The molecule has 5 rings (SSSR count). The van der Waals surface area contributed by atoms with Crippen molar-refractivity contribution in [1.82, 2.24) is 15.3 Å². The van der Waals surface area contributed by atoms with Gasteiger partial charge in [0.15, 0.2) is 11.2 Å². The van der Waals surface area contributed by atoms with Crippen LogP contribution in [0.1, 0.15) is 35.7 Å². The van der Waals surface area contributed by atoms with Gasteiger partial charge in [-0.1, -0.05) is 0 Å². The topological polar surface area (TPSA) is 140 Å². The number of carbonyl (C=O) groups excluding carboxylic acids is 1. The Bertz CT molecular complexity index is 1360. The van der Waals surface area contributed by atoms with Gasteiger partial charge in [0.25, 0.3) is 11.9 Å². The van der Waals surface area contributed by atoms with Gasteiger partial charge >= 0.3 is 5.76 Å². The molecule has 171 valence electrons. The van der Waals surface area contributed by atoms with Gasteiger partial charge in [0.05, 0.1) is 12.2 Å². The zero-order chi connectivity index (χ0) is 22.9. The lowest BCUT2D eigenvalue weighted by Gasteiger charge is -2.33. The minimum atomic E-state index is -0.608. The molecular weight excluding hydrogens is 426 g/mol. The van der Waals surface area contributed by atoms with Crippen LogP contribution < -0.4 is 26.4 Å². The number of fused-ring (bicyclic) bond motifs is 2. The van der Waals surface area contributed by atoms with Gasteiger partial charge in [-0.3, -0.25) is 9.78 Å². The molecule has 1 radical (unpaired) electrons. The molecule has 4 N–H and O–H groups in total. The number of nitrogens with one attached hydrogen (secondary N) is 2. The van der Waals surface area contributed by atoms with Crippen LogP contribution in [0.5, 0.6) is 5.75 Å². The van der Waals surface area contributed by atoms with Crippen LogP contribution in [0.4, 0.5) is 6.01 Å². The van der Waals surface area contributed by atoms with E-state index in [1.54, 1.807) is 12.1 Å². The van der Waals surface area contributed by atoms with Crippen molar-refractivity contribution >= 4 is 34.1 Å². The van der Waals surface area contributed by atoms with E-state index in [-0.39, 0.29) is 11.6 Å². The van der Waals surface area contributed by atoms with Gasteiger partial charge in [-0.15, -0.1) is 0 Å². The monoisotopic (exact) mass is 450 g/mol.